The zero-order valence-corrected chi connectivity index (χ0v) is 28.3. The molecule has 0 bridgehead atoms. The van der Waals surface area contributed by atoms with E-state index in [1.54, 1.807) is 0 Å². The largest absolute Gasteiger partial charge is 0.463 e. The Hall–Kier alpha value is -3.98. The Morgan fingerprint density at radius 1 is 1.23 bits per heavy atom. The average molecular weight is 674 g/mol. The number of aromatic nitrogens is 2. The topological polar surface area (TPSA) is 78.6 Å². The van der Waals surface area contributed by atoms with Crippen LogP contribution in [0.3, 0.4) is 0 Å². The molecular formula is C36H41ClFN7O3. The monoisotopic (exact) mass is 673 g/mol. The average Bonchev–Trinajstić information content (AvgIpc) is 3.91. The molecule has 252 valence electrons. The summed E-state index contributed by atoms with van der Waals surface area (Å²) in [5.74, 6) is -1.04. The number of amides is 1. The number of benzene rings is 2. The molecule has 4 aliphatic rings. The van der Waals surface area contributed by atoms with Gasteiger partial charge in [0, 0.05) is 54.9 Å². The maximum atomic E-state index is 13.9. The summed E-state index contributed by atoms with van der Waals surface area (Å²) in [5.41, 5.74) is 2.80. The van der Waals surface area contributed by atoms with Crippen molar-refractivity contribution in [3.63, 3.8) is 0 Å². The van der Waals surface area contributed by atoms with Gasteiger partial charge in [-0.1, -0.05) is 42.4 Å². The highest BCUT2D eigenvalue weighted by Gasteiger charge is 2.44. The Morgan fingerprint density at radius 2 is 2.00 bits per heavy atom. The third-order valence-electron chi connectivity index (χ3n) is 10.2. The van der Waals surface area contributed by atoms with Gasteiger partial charge in [0.25, 0.3) is 5.91 Å². The highest BCUT2D eigenvalue weighted by atomic mass is 35.5. The van der Waals surface area contributed by atoms with Gasteiger partial charge in [-0.2, -0.15) is 9.97 Å². The lowest BCUT2D eigenvalue weighted by molar-refractivity contribution is -0.143. The van der Waals surface area contributed by atoms with Gasteiger partial charge in [0.15, 0.2) is 5.83 Å². The van der Waals surface area contributed by atoms with Crippen LogP contribution < -0.4 is 14.5 Å². The van der Waals surface area contributed by atoms with Gasteiger partial charge in [0.1, 0.15) is 18.5 Å². The highest BCUT2D eigenvalue weighted by Crippen LogP contribution is 2.40. The molecule has 1 saturated carbocycles. The summed E-state index contributed by atoms with van der Waals surface area (Å²) in [6.45, 7) is 17.1. The second-order valence-corrected chi connectivity index (χ2v) is 14.2. The maximum absolute atomic E-state index is 13.9. The molecule has 3 aliphatic heterocycles. The van der Waals surface area contributed by atoms with Gasteiger partial charge < -0.3 is 33.9 Å². The zero-order valence-electron chi connectivity index (χ0n) is 27.5. The van der Waals surface area contributed by atoms with E-state index >= 15 is 0 Å². The molecule has 4 heterocycles. The van der Waals surface area contributed by atoms with Crippen LogP contribution in [-0.4, -0.2) is 103 Å². The third kappa shape index (κ3) is 6.29. The Balaban J connectivity index is 1.23. The van der Waals surface area contributed by atoms with E-state index in [-0.39, 0.29) is 24.5 Å². The van der Waals surface area contributed by atoms with Gasteiger partial charge >= 0.3 is 6.01 Å². The van der Waals surface area contributed by atoms with Crippen molar-refractivity contribution >= 4 is 39.8 Å². The fourth-order valence-corrected chi connectivity index (χ4v) is 7.74. The molecule has 1 amide bonds. The number of ether oxygens (including phenoxy) is 2. The molecule has 0 unspecified atom stereocenters. The number of carbonyl (C=O) groups excluding carboxylic acids is 1. The summed E-state index contributed by atoms with van der Waals surface area (Å²) >= 11 is 6.77. The van der Waals surface area contributed by atoms with E-state index in [0.717, 1.165) is 40.1 Å². The SMILES string of the molecule is [C-]#[N+]C[C@H]1CN(c2nc(OCC3(CN(C)C4CC4)COC3)nc3c2C[C@@H](C)N(c2cccc4cccc(Cl)c24)C3)CCN1C(=O)C(=C)F. The van der Waals surface area contributed by atoms with Crippen molar-refractivity contribution < 1.29 is 18.7 Å². The highest BCUT2D eigenvalue weighted by molar-refractivity contribution is 6.36. The zero-order chi connectivity index (χ0) is 33.6. The van der Waals surface area contributed by atoms with Crippen molar-refractivity contribution in [3.05, 3.63) is 76.5 Å². The molecule has 0 radical (unpaired) electrons. The molecule has 3 fully saturated rings. The van der Waals surface area contributed by atoms with Crippen molar-refractivity contribution in [2.24, 2.45) is 5.41 Å². The standard InChI is InChI=1S/C36H41ClFN7O3/c1-23-15-28-30(18-45(23)31-10-6-8-25-7-5-9-29(37)32(25)31)40-35(48-22-36(20-47-21-36)19-42(4)26-11-12-26)41-33(28)43-13-14-44(34(46)24(2)38)27(17-43)16-39-3/h5-10,23,26-27H,2,11-22H2,1,4H3/t23-,27+/m1/s1. The molecule has 3 aromatic rings. The lowest BCUT2D eigenvalue weighted by Crippen LogP contribution is -2.57. The molecule has 7 rings (SSSR count). The molecule has 12 heteroatoms. The van der Waals surface area contributed by atoms with Crippen molar-refractivity contribution in [3.8, 4) is 6.01 Å². The van der Waals surface area contributed by atoms with Crippen LogP contribution in [0.25, 0.3) is 15.6 Å². The van der Waals surface area contributed by atoms with Crippen LogP contribution in [0.1, 0.15) is 31.0 Å². The van der Waals surface area contributed by atoms with E-state index < -0.39 is 17.8 Å². The predicted octanol–water partition coefficient (Wildman–Crippen LogP) is 5.14. The van der Waals surface area contributed by atoms with Crippen molar-refractivity contribution in [1.29, 1.82) is 0 Å². The van der Waals surface area contributed by atoms with Gasteiger partial charge in [-0.3, -0.25) is 4.79 Å². The Bertz CT molecular complexity index is 1770. The summed E-state index contributed by atoms with van der Waals surface area (Å²) in [4.78, 5) is 34.5. The fraction of sp³-hybridized carbons (Fsp3) is 0.500. The first kappa shape index (κ1) is 32.6. The molecule has 2 atom stereocenters. The number of carbonyl (C=O) groups is 1. The van der Waals surface area contributed by atoms with Gasteiger partial charge in [-0.25, -0.2) is 11.0 Å². The van der Waals surface area contributed by atoms with Crippen molar-refractivity contribution in [2.45, 2.75) is 50.9 Å². The summed E-state index contributed by atoms with van der Waals surface area (Å²) in [7, 11) is 2.17. The van der Waals surface area contributed by atoms with Gasteiger partial charge in [-0.15, -0.1) is 0 Å². The molecular weight excluding hydrogens is 633 g/mol. The first-order valence-corrected chi connectivity index (χ1v) is 17.0. The molecule has 0 N–H and O–H groups in total. The Labute approximate surface area is 285 Å². The van der Waals surface area contributed by atoms with Crippen LogP contribution >= 0.6 is 11.6 Å². The minimum absolute atomic E-state index is 0.0508. The molecule has 2 saturated heterocycles. The number of anilines is 2. The van der Waals surface area contributed by atoms with E-state index in [4.69, 9.17) is 37.6 Å². The van der Waals surface area contributed by atoms with Gasteiger partial charge in [-0.05, 0) is 50.8 Å². The smallest absolute Gasteiger partial charge is 0.318 e. The first-order chi connectivity index (χ1) is 23.2. The van der Waals surface area contributed by atoms with Crippen LogP contribution in [0.4, 0.5) is 15.9 Å². The summed E-state index contributed by atoms with van der Waals surface area (Å²) in [5, 5.41) is 2.78. The maximum Gasteiger partial charge on any atom is 0.318 e. The molecule has 0 spiro atoms. The van der Waals surface area contributed by atoms with E-state index in [0.29, 0.717) is 63.0 Å². The minimum atomic E-state index is -1.02. The van der Waals surface area contributed by atoms with Crippen molar-refractivity contribution in [2.75, 3.05) is 69.4 Å². The van der Waals surface area contributed by atoms with E-state index in [1.165, 1.54) is 17.7 Å². The lowest BCUT2D eigenvalue weighted by Gasteiger charge is -2.44. The normalized spacial score (nSPS) is 21.9. The lowest BCUT2D eigenvalue weighted by atomic mass is 9.86. The molecule has 48 heavy (non-hydrogen) atoms. The van der Waals surface area contributed by atoms with E-state index in [9.17, 15) is 9.18 Å². The van der Waals surface area contributed by atoms with Crippen LogP contribution in [0, 0.1) is 12.0 Å². The third-order valence-corrected chi connectivity index (χ3v) is 10.5. The summed E-state index contributed by atoms with van der Waals surface area (Å²) in [6.07, 6.45) is 3.13. The number of fused-ring (bicyclic) bond motifs is 2. The number of halogens is 2. The minimum Gasteiger partial charge on any atom is -0.463 e. The van der Waals surface area contributed by atoms with Crippen LogP contribution in [0.2, 0.25) is 5.02 Å². The second kappa shape index (κ2) is 13.1. The number of piperazine rings is 1. The van der Waals surface area contributed by atoms with Gasteiger partial charge in [0.2, 0.25) is 6.54 Å². The number of hydrogen-bond donors (Lipinski definition) is 0. The van der Waals surface area contributed by atoms with E-state index in [2.05, 4.69) is 64.4 Å². The molecule has 1 aromatic heterocycles. The fourth-order valence-electron chi connectivity index (χ4n) is 7.46. The van der Waals surface area contributed by atoms with Gasteiger partial charge in [0.05, 0.1) is 35.9 Å². The van der Waals surface area contributed by atoms with Crippen LogP contribution in [0.15, 0.2) is 48.8 Å². The number of rotatable bonds is 10. The Morgan fingerprint density at radius 3 is 2.69 bits per heavy atom. The first-order valence-electron chi connectivity index (χ1n) is 16.6. The molecule has 10 nitrogen and oxygen atoms in total. The van der Waals surface area contributed by atoms with Crippen LogP contribution in [-0.2, 0) is 22.5 Å². The number of hydrogen-bond acceptors (Lipinski definition) is 8. The second-order valence-electron chi connectivity index (χ2n) is 13.8. The summed E-state index contributed by atoms with van der Waals surface area (Å²) in [6, 6.07) is 12.7. The summed E-state index contributed by atoms with van der Waals surface area (Å²) < 4.78 is 26.1. The molecule has 2 aromatic carbocycles. The Kier molecular flexibility index (Phi) is 8.92. The van der Waals surface area contributed by atoms with E-state index in [1.807, 2.05) is 12.1 Å². The quantitative estimate of drug-likeness (QED) is 0.216. The predicted molar refractivity (Wildman–Crippen MR) is 184 cm³/mol. The molecule has 1 aliphatic carbocycles. The number of nitrogens with zero attached hydrogens (tertiary/aromatic N) is 7. The van der Waals surface area contributed by atoms with Crippen LogP contribution in [0.5, 0.6) is 6.01 Å². The van der Waals surface area contributed by atoms with Crippen molar-refractivity contribution in [1.82, 2.24) is 19.8 Å².